The van der Waals surface area contributed by atoms with Crippen molar-refractivity contribution in [1.29, 1.82) is 0 Å². The summed E-state index contributed by atoms with van der Waals surface area (Å²) in [5.74, 6) is -0.952. The van der Waals surface area contributed by atoms with E-state index in [-0.39, 0.29) is 36.3 Å². The number of hydrogen-bond acceptors (Lipinski definition) is 7. The summed E-state index contributed by atoms with van der Waals surface area (Å²) in [7, 11) is 0. The number of rotatable bonds is 14. The first-order chi connectivity index (χ1) is 17.7. The molecule has 9 heteroatoms. The number of nitrogens with zero attached hydrogens (tertiary/aromatic N) is 1. The van der Waals surface area contributed by atoms with Gasteiger partial charge in [-0.05, 0) is 38.2 Å². The largest absolute Gasteiger partial charge is 0.379 e. The monoisotopic (exact) mass is 513 g/mol. The number of nitrogens with one attached hydrogen (secondary N) is 2. The maximum atomic E-state index is 13.4. The van der Waals surface area contributed by atoms with E-state index in [0.717, 1.165) is 18.4 Å². The first-order valence-corrected chi connectivity index (χ1v) is 13.4. The molecule has 1 aromatic carbocycles. The van der Waals surface area contributed by atoms with E-state index < -0.39 is 23.6 Å². The molecule has 2 aliphatic heterocycles. The Balaban J connectivity index is 1.36. The summed E-state index contributed by atoms with van der Waals surface area (Å²) in [4.78, 5) is 54.1. The normalized spacial score (nSPS) is 23.9. The van der Waals surface area contributed by atoms with Gasteiger partial charge in [0, 0.05) is 25.4 Å². The van der Waals surface area contributed by atoms with E-state index >= 15 is 0 Å². The molecule has 2 heterocycles. The SMILES string of the molecule is CC(NC(=O)CN1CCOCC1)C(=O)CC(CC1CC1)C(=O)NC(Cc1ccccc1)C(=O)C1(C)CO1. The third-order valence-corrected chi connectivity index (χ3v) is 7.48. The average molecular weight is 514 g/mol. The van der Waals surface area contributed by atoms with Gasteiger partial charge in [0.2, 0.25) is 11.8 Å². The van der Waals surface area contributed by atoms with Crippen LogP contribution >= 0.6 is 0 Å². The molecule has 4 unspecified atom stereocenters. The molecular weight excluding hydrogens is 474 g/mol. The van der Waals surface area contributed by atoms with Crippen LogP contribution in [0.4, 0.5) is 0 Å². The molecule has 3 aliphatic rings. The number of hydrogen-bond donors (Lipinski definition) is 2. The van der Waals surface area contributed by atoms with Gasteiger partial charge in [-0.1, -0.05) is 43.2 Å². The lowest BCUT2D eigenvalue weighted by molar-refractivity contribution is -0.134. The second-order valence-electron chi connectivity index (χ2n) is 10.9. The molecule has 1 aliphatic carbocycles. The molecule has 37 heavy (non-hydrogen) atoms. The quantitative estimate of drug-likeness (QED) is 0.360. The Bertz CT molecular complexity index is 969. The topological polar surface area (TPSA) is 117 Å². The summed E-state index contributed by atoms with van der Waals surface area (Å²) in [5.41, 5.74) is 0.0743. The number of ether oxygens (including phenoxy) is 2. The van der Waals surface area contributed by atoms with Crippen LogP contribution in [0.1, 0.15) is 45.1 Å². The molecule has 2 amide bonds. The third kappa shape index (κ3) is 8.18. The number of ketones is 2. The molecule has 0 spiro atoms. The first-order valence-electron chi connectivity index (χ1n) is 13.4. The number of amides is 2. The first kappa shape index (κ1) is 27.4. The Labute approximate surface area is 218 Å². The Kier molecular flexibility index (Phi) is 9.10. The van der Waals surface area contributed by atoms with E-state index in [1.54, 1.807) is 13.8 Å². The highest BCUT2D eigenvalue weighted by Gasteiger charge is 2.50. The van der Waals surface area contributed by atoms with Crippen molar-refractivity contribution in [2.75, 3.05) is 39.5 Å². The number of Topliss-reactive ketones (excluding diaryl/α,β-unsaturated/α-hetero) is 2. The summed E-state index contributed by atoms with van der Waals surface area (Å²) < 4.78 is 10.7. The predicted molar refractivity (Wildman–Crippen MR) is 137 cm³/mol. The van der Waals surface area contributed by atoms with Crippen molar-refractivity contribution < 1.29 is 28.7 Å². The van der Waals surface area contributed by atoms with E-state index in [2.05, 4.69) is 10.6 Å². The number of carbonyl (C=O) groups is 4. The highest BCUT2D eigenvalue weighted by atomic mass is 16.6. The fourth-order valence-corrected chi connectivity index (χ4v) is 4.76. The van der Waals surface area contributed by atoms with Crippen LogP contribution in [0.15, 0.2) is 30.3 Å². The van der Waals surface area contributed by atoms with E-state index in [1.807, 2.05) is 35.2 Å². The highest BCUT2D eigenvalue weighted by molar-refractivity contribution is 5.98. The molecule has 202 valence electrons. The molecule has 3 fully saturated rings. The lowest BCUT2D eigenvalue weighted by atomic mass is 9.90. The van der Waals surface area contributed by atoms with Crippen molar-refractivity contribution in [2.24, 2.45) is 11.8 Å². The second kappa shape index (κ2) is 12.3. The van der Waals surface area contributed by atoms with Crippen LogP contribution in [0, 0.1) is 11.8 Å². The molecule has 1 saturated carbocycles. The summed E-state index contributed by atoms with van der Waals surface area (Å²) in [6.07, 6.45) is 3.08. The van der Waals surface area contributed by atoms with E-state index in [1.165, 1.54) is 0 Å². The van der Waals surface area contributed by atoms with Crippen molar-refractivity contribution in [3.05, 3.63) is 35.9 Å². The zero-order valence-corrected chi connectivity index (χ0v) is 21.9. The van der Waals surface area contributed by atoms with Gasteiger partial charge in [-0.3, -0.25) is 24.1 Å². The zero-order valence-electron chi connectivity index (χ0n) is 21.9. The predicted octanol–water partition coefficient (Wildman–Crippen LogP) is 1.28. The lowest BCUT2D eigenvalue weighted by Gasteiger charge is -2.26. The smallest absolute Gasteiger partial charge is 0.234 e. The summed E-state index contributed by atoms with van der Waals surface area (Å²) in [6, 6.07) is 8.13. The molecule has 4 rings (SSSR count). The number of epoxide rings is 1. The van der Waals surface area contributed by atoms with Crippen molar-refractivity contribution in [2.45, 2.75) is 63.6 Å². The average Bonchev–Trinajstić information content (AvgIpc) is 3.82. The summed E-state index contributed by atoms with van der Waals surface area (Å²) >= 11 is 0. The van der Waals surface area contributed by atoms with Crippen LogP contribution in [0.5, 0.6) is 0 Å². The Hall–Kier alpha value is -2.62. The van der Waals surface area contributed by atoms with E-state index in [4.69, 9.17) is 9.47 Å². The number of benzene rings is 1. The molecule has 2 N–H and O–H groups in total. The van der Waals surface area contributed by atoms with Gasteiger partial charge in [0.1, 0.15) is 5.60 Å². The Morgan fingerprint density at radius 1 is 1.08 bits per heavy atom. The van der Waals surface area contributed by atoms with Crippen LogP contribution in [0.3, 0.4) is 0 Å². The summed E-state index contributed by atoms with van der Waals surface area (Å²) in [5, 5.41) is 5.74. The molecule has 0 radical (unpaired) electrons. The third-order valence-electron chi connectivity index (χ3n) is 7.48. The van der Waals surface area contributed by atoms with Gasteiger partial charge in [0.15, 0.2) is 11.6 Å². The minimum atomic E-state index is -0.867. The van der Waals surface area contributed by atoms with E-state index in [9.17, 15) is 19.2 Å². The molecule has 9 nitrogen and oxygen atoms in total. The Morgan fingerprint density at radius 2 is 1.76 bits per heavy atom. The van der Waals surface area contributed by atoms with Crippen molar-refractivity contribution in [3.63, 3.8) is 0 Å². The zero-order chi connectivity index (χ0) is 26.4. The lowest BCUT2D eigenvalue weighted by Crippen LogP contribution is -2.50. The van der Waals surface area contributed by atoms with Crippen LogP contribution in [-0.2, 0) is 35.1 Å². The van der Waals surface area contributed by atoms with Gasteiger partial charge in [-0.2, -0.15) is 0 Å². The molecule has 1 aromatic rings. The fourth-order valence-electron chi connectivity index (χ4n) is 4.76. The second-order valence-corrected chi connectivity index (χ2v) is 10.9. The maximum absolute atomic E-state index is 13.4. The molecule has 2 saturated heterocycles. The van der Waals surface area contributed by atoms with Crippen LogP contribution in [-0.4, -0.2) is 85.4 Å². The van der Waals surface area contributed by atoms with Crippen molar-refractivity contribution in [1.82, 2.24) is 15.5 Å². The van der Waals surface area contributed by atoms with Crippen LogP contribution in [0.2, 0.25) is 0 Å². The highest BCUT2D eigenvalue weighted by Crippen LogP contribution is 2.37. The summed E-state index contributed by atoms with van der Waals surface area (Å²) in [6.45, 7) is 6.54. The van der Waals surface area contributed by atoms with Gasteiger partial charge in [0.25, 0.3) is 0 Å². The minimum absolute atomic E-state index is 0.0291. The van der Waals surface area contributed by atoms with Gasteiger partial charge < -0.3 is 20.1 Å². The molecular formula is C28H39N3O6. The molecule has 0 aromatic heterocycles. The van der Waals surface area contributed by atoms with Gasteiger partial charge in [-0.15, -0.1) is 0 Å². The van der Waals surface area contributed by atoms with Crippen molar-refractivity contribution in [3.8, 4) is 0 Å². The van der Waals surface area contributed by atoms with Crippen molar-refractivity contribution >= 4 is 23.4 Å². The molecule has 4 atom stereocenters. The Morgan fingerprint density at radius 3 is 2.38 bits per heavy atom. The van der Waals surface area contributed by atoms with Gasteiger partial charge in [0.05, 0.1) is 38.4 Å². The van der Waals surface area contributed by atoms with Gasteiger partial charge >= 0.3 is 0 Å². The standard InChI is InChI=1S/C28H39N3O6/c1-19(29-25(33)17-31-10-12-36-13-11-31)24(32)16-22(14-21-8-9-21)27(35)30-23(26(34)28(2)18-37-28)15-20-6-4-3-5-7-20/h3-7,19,21-23H,8-18H2,1-2H3,(H,29,33)(H,30,35). The van der Waals surface area contributed by atoms with Crippen LogP contribution in [0.25, 0.3) is 0 Å². The molecule has 0 bridgehead atoms. The van der Waals surface area contributed by atoms with Crippen LogP contribution < -0.4 is 10.6 Å². The number of morpholine rings is 1. The maximum Gasteiger partial charge on any atom is 0.234 e. The van der Waals surface area contributed by atoms with E-state index in [0.29, 0.717) is 51.7 Å². The minimum Gasteiger partial charge on any atom is -0.379 e. The number of carbonyl (C=O) groups excluding carboxylic acids is 4. The van der Waals surface area contributed by atoms with Gasteiger partial charge in [-0.25, -0.2) is 0 Å². The fraction of sp³-hybridized carbons (Fsp3) is 0.643.